The number of phenolic OH excluding ortho intramolecular Hbond substituents is 2. The van der Waals surface area contributed by atoms with Crippen LogP contribution in [0.3, 0.4) is 0 Å². The zero-order valence-corrected chi connectivity index (χ0v) is 26.4. The lowest BCUT2D eigenvalue weighted by molar-refractivity contribution is -0.265. The van der Waals surface area contributed by atoms with Gasteiger partial charge in [-0.25, -0.2) is 4.79 Å². The highest BCUT2D eigenvalue weighted by molar-refractivity contribution is 5.95. The van der Waals surface area contributed by atoms with Crippen LogP contribution in [0.1, 0.15) is 37.0 Å². The zero-order chi connectivity index (χ0) is 33.7. The van der Waals surface area contributed by atoms with Gasteiger partial charge >= 0.3 is 6.09 Å². The molecule has 0 aliphatic carbocycles. The summed E-state index contributed by atoms with van der Waals surface area (Å²) in [6.07, 6.45) is -3.02. The third kappa shape index (κ3) is 7.83. The smallest absolute Gasteiger partial charge is 0.433 e. The van der Waals surface area contributed by atoms with Gasteiger partial charge in [0, 0.05) is 25.8 Å². The van der Waals surface area contributed by atoms with Gasteiger partial charge in [0.1, 0.15) is 23.6 Å². The number of hydroxylamine groups is 2. The van der Waals surface area contributed by atoms with Gasteiger partial charge in [-0.05, 0) is 53.3 Å². The summed E-state index contributed by atoms with van der Waals surface area (Å²) in [5.41, 5.74) is 2.05. The summed E-state index contributed by atoms with van der Waals surface area (Å²) in [6, 6.07) is 19.3. The number of benzene rings is 3. The molecule has 0 saturated carbocycles. The molecule has 0 aromatic heterocycles. The van der Waals surface area contributed by atoms with E-state index in [-0.39, 0.29) is 37.3 Å². The quantitative estimate of drug-likeness (QED) is 0.247. The monoisotopic (exact) mass is 644 g/mol. The minimum Gasteiger partial charge on any atom is -0.508 e. The Bertz CT molecular complexity index is 1560. The number of carbonyl (C=O) groups is 4. The van der Waals surface area contributed by atoms with Gasteiger partial charge in [0.25, 0.3) is 5.91 Å². The number of carbonyl (C=O) groups excluding carboxylic acids is 3. The molecule has 2 heterocycles. The summed E-state index contributed by atoms with van der Waals surface area (Å²) in [4.78, 5) is 63.6. The lowest BCUT2D eigenvalue weighted by Crippen LogP contribution is -2.75. The average molecular weight is 645 g/mol. The van der Waals surface area contributed by atoms with E-state index in [4.69, 9.17) is 4.84 Å². The molecular weight excluding hydrogens is 604 g/mol. The first-order valence-electron chi connectivity index (χ1n) is 15.7. The molecule has 5 rings (SSSR count). The SMILES string of the molecule is CC(C)CCNC(=O)C(Cc1ccc(O)cc1)N1CC2N(C(=O)O)O[C@H](Cc3ccccc3)C(=O)N2[C@@H](Cc2ccc(O)cc2)C1=O. The summed E-state index contributed by atoms with van der Waals surface area (Å²) >= 11 is 0. The Morgan fingerprint density at radius 2 is 1.45 bits per heavy atom. The molecule has 3 aromatic carbocycles. The van der Waals surface area contributed by atoms with Gasteiger partial charge in [0.15, 0.2) is 12.3 Å². The number of phenols is 2. The van der Waals surface area contributed by atoms with Gasteiger partial charge in [0.2, 0.25) is 11.8 Å². The molecule has 47 heavy (non-hydrogen) atoms. The van der Waals surface area contributed by atoms with Crippen LogP contribution in [0, 0.1) is 5.92 Å². The van der Waals surface area contributed by atoms with Crippen molar-refractivity contribution in [2.45, 2.75) is 63.9 Å². The maximum atomic E-state index is 14.6. The second-order valence-corrected chi connectivity index (χ2v) is 12.4. The third-order valence-corrected chi connectivity index (χ3v) is 8.51. The van der Waals surface area contributed by atoms with Gasteiger partial charge in [-0.2, -0.15) is 5.06 Å². The molecule has 12 nitrogen and oxygen atoms in total. The maximum absolute atomic E-state index is 14.6. The van der Waals surface area contributed by atoms with Crippen LogP contribution in [0.2, 0.25) is 0 Å². The first kappa shape index (κ1) is 33.3. The number of carboxylic acid groups (broad SMARTS) is 1. The Hall–Kier alpha value is -5.10. The van der Waals surface area contributed by atoms with E-state index in [0.717, 1.165) is 5.56 Å². The number of amides is 4. The van der Waals surface area contributed by atoms with Crippen LogP contribution in [0.25, 0.3) is 0 Å². The molecule has 2 aliphatic rings. The molecular formula is C35H40N4O8. The molecule has 0 bridgehead atoms. The van der Waals surface area contributed by atoms with Gasteiger partial charge in [0.05, 0.1) is 6.54 Å². The molecule has 12 heteroatoms. The highest BCUT2D eigenvalue weighted by atomic mass is 16.7. The van der Waals surface area contributed by atoms with Crippen molar-refractivity contribution in [1.29, 1.82) is 0 Å². The lowest BCUT2D eigenvalue weighted by Gasteiger charge is -2.53. The van der Waals surface area contributed by atoms with Gasteiger partial charge < -0.3 is 30.4 Å². The number of rotatable bonds is 11. The van der Waals surface area contributed by atoms with Crippen LogP contribution >= 0.6 is 0 Å². The predicted octanol–water partition coefficient (Wildman–Crippen LogP) is 3.32. The first-order chi connectivity index (χ1) is 22.5. The van der Waals surface area contributed by atoms with E-state index in [1.54, 1.807) is 48.5 Å². The van der Waals surface area contributed by atoms with Crippen molar-refractivity contribution in [3.63, 3.8) is 0 Å². The summed E-state index contributed by atoms with van der Waals surface area (Å²) in [7, 11) is 0. The summed E-state index contributed by atoms with van der Waals surface area (Å²) in [5, 5.41) is 33.7. The van der Waals surface area contributed by atoms with Crippen molar-refractivity contribution in [2.24, 2.45) is 5.92 Å². The van der Waals surface area contributed by atoms with Crippen molar-refractivity contribution in [3.8, 4) is 11.5 Å². The first-order valence-corrected chi connectivity index (χ1v) is 15.7. The van der Waals surface area contributed by atoms with Crippen LogP contribution < -0.4 is 5.32 Å². The van der Waals surface area contributed by atoms with Crippen molar-refractivity contribution in [3.05, 3.63) is 95.6 Å². The Morgan fingerprint density at radius 3 is 2.04 bits per heavy atom. The molecule has 248 valence electrons. The summed E-state index contributed by atoms with van der Waals surface area (Å²) in [6.45, 7) is 4.13. The van der Waals surface area contributed by atoms with Crippen molar-refractivity contribution in [2.75, 3.05) is 13.1 Å². The number of aromatic hydroxyl groups is 2. The van der Waals surface area contributed by atoms with Gasteiger partial charge in [-0.15, -0.1) is 0 Å². The van der Waals surface area contributed by atoms with E-state index in [1.165, 1.54) is 34.1 Å². The molecule has 4 atom stereocenters. The third-order valence-electron chi connectivity index (χ3n) is 8.51. The fourth-order valence-electron chi connectivity index (χ4n) is 6.03. The number of fused-ring (bicyclic) bond motifs is 1. The number of hydrogen-bond acceptors (Lipinski definition) is 7. The van der Waals surface area contributed by atoms with Crippen LogP contribution in [0.15, 0.2) is 78.9 Å². The Labute approximate surface area is 273 Å². The van der Waals surface area contributed by atoms with Crippen molar-refractivity contribution in [1.82, 2.24) is 20.2 Å². The Morgan fingerprint density at radius 1 is 0.851 bits per heavy atom. The van der Waals surface area contributed by atoms with E-state index >= 15 is 0 Å². The summed E-state index contributed by atoms with van der Waals surface area (Å²) in [5.74, 6) is -1.08. The lowest BCUT2D eigenvalue weighted by atomic mass is 9.94. The fraction of sp³-hybridized carbons (Fsp3) is 0.371. The number of piperazine rings is 1. The molecule has 2 saturated heterocycles. The second-order valence-electron chi connectivity index (χ2n) is 12.4. The molecule has 2 fully saturated rings. The fourth-order valence-corrected chi connectivity index (χ4v) is 6.03. The number of nitrogens with one attached hydrogen (secondary N) is 1. The second kappa shape index (κ2) is 14.5. The minimum absolute atomic E-state index is 0.00423. The minimum atomic E-state index is -1.44. The van der Waals surface area contributed by atoms with Crippen molar-refractivity contribution < 1.29 is 39.3 Å². The van der Waals surface area contributed by atoms with Crippen LogP contribution in [0.4, 0.5) is 4.79 Å². The molecule has 2 unspecified atom stereocenters. The Balaban J connectivity index is 1.54. The highest BCUT2D eigenvalue weighted by Crippen LogP contribution is 2.32. The topological polar surface area (TPSA) is 160 Å². The zero-order valence-electron chi connectivity index (χ0n) is 26.4. The van der Waals surface area contributed by atoms with E-state index < -0.39 is 48.2 Å². The van der Waals surface area contributed by atoms with E-state index in [2.05, 4.69) is 5.32 Å². The number of nitrogens with zero attached hydrogens (tertiary/aromatic N) is 3. The van der Waals surface area contributed by atoms with Crippen LogP contribution in [0.5, 0.6) is 11.5 Å². The number of hydrogen-bond donors (Lipinski definition) is 4. The normalized spacial score (nSPS) is 20.2. The molecule has 4 N–H and O–H groups in total. The molecule has 3 aromatic rings. The maximum Gasteiger partial charge on any atom is 0.433 e. The van der Waals surface area contributed by atoms with E-state index in [0.29, 0.717) is 35.1 Å². The molecule has 0 radical (unpaired) electrons. The molecule has 0 spiro atoms. The summed E-state index contributed by atoms with van der Waals surface area (Å²) < 4.78 is 0. The molecule has 4 amide bonds. The van der Waals surface area contributed by atoms with E-state index in [9.17, 15) is 34.5 Å². The standard InChI is InChI=1S/C35H40N4O8/c1-22(2)16-17-36-32(42)28(18-24-8-12-26(40)13-9-24)37-21-31-38(29(33(37)43)19-25-10-14-27(41)15-11-25)34(44)30(47-39(31)35(45)46)20-23-6-4-3-5-7-23/h3-15,22,28-31,40-41H,16-21H2,1-2H3,(H,36,42)(H,45,46)/t28?,29-,30+,31?/m0/s1. The highest BCUT2D eigenvalue weighted by Gasteiger charge is 2.54. The van der Waals surface area contributed by atoms with Crippen LogP contribution in [-0.4, -0.2) is 91.4 Å². The largest absolute Gasteiger partial charge is 0.508 e. The Kier molecular flexibility index (Phi) is 10.3. The molecule has 2 aliphatic heterocycles. The van der Waals surface area contributed by atoms with E-state index in [1.807, 2.05) is 19.9 Å². The average Bonchev–Trinajstić information content (AvgIpc) is 3.04. The van der Waals surface area contributed by atoms with Crippen LogP contribution in [-0.2, 0) is 38.5 Å². The van der Waals surface area contributed by atoms with Crippen molar-refractivity contribution >= 4 is 23.8 Å². The predicted molar refractivity (Wildman–Crippen MR) is 171 cm³/mol. The van der Waals surface area contributed by atoms with Gasteiger partial charge in [-0.1, -0.05) is 68.4 Å². The van der Waals surface area contributed by atoms with Gasteiger partial charge in [-0.3, -0.25) is 19.2 Å².